The molecule has 7 heteroatoms. The molecule has 19 heavy (non-hydrogen) atoms. The summed E-state index contributed by atoms with van der Waals surface area (Å²) in [7, 11) is 0. The summed E-state index contributed by atoms with van der Waals surface area (Å²) in [6.45, 7) is 1.90. The monoisotopic (exact) mass is 309 g/mol. The summed E-state index contributed by atoms with van der Waals surface area (Å²) >= 11 is 12.5. The van der Waals surface area contributed by atoms with Crippen molar-refractivity contribution in [1.82, 2.24) is 15.2 Å². The molecule has 0 saturated carbocycles. The van der Waals surface area contributed by atoms with Gasteiger partial charge < -0.3 is 4.42 Å². The Balaban J connectivity index is 2.12. The average Bonchev–Trinajstić information content (AvgIpc) is 2.96. The van der Waals surface area contributed by atoms with Gasteiger partial charge in [-0.3, -0.25) is 0 Å². The standard InChI is InChI=1S/C12H8ClN3OS2/c1-6-9(10-15-16-12(18)17-10)19-11(14-6)7-4-2-3-5-8(7)13/h2-5H,1H3,(H,16,18). The van der Waals surface area contributed by atoms with Crippen molar-refractivity contribution in [3.05, 3.63) is 39.8 Å². The molecule has 0 radical (unpaired) electrons. The summed E-state index contributed by atoms with van der Waals surface area (Å²) in [5.74, 6) is 0.457. The van der Waals surface area contributed by atoms with Crippen molar-refractivity contribution in [1.29, 1.82) is 0 Å². The van der Waals surface area contributed by atoms with Crippen LogP contribution in [0.1, 0.15) is 5.69 Å². The smallest absolute Gasteiger partial charge is 0.284 e. The average molecular weight is 310 g/mol. The van der Waals surface area contributed by atoms with E-state index in [4.69, 9.17) is 28.2 Å². The van der Waals surface area contributed by atoms with Crippen molar-refractivity contribution in [2.45, 2.75) is 6.92 Å². The second-order valence-electron chi connectivity index (χ2n) is 3.83. The summed E-state index contributed by atoms with van der Waals surface area (Å²) in [5.41, 5.74) is 1.74. The predicted molar refractivity (Wildman–Crippen MR) is 78.0 cm³/mol. The van der Waals surface area contributed by atoms with Gasteiger partial charge in [-0.25, -0.2) is 10.1 Å². The van der Waals surface area contributed by atoms with E-state index < -0.39 is 0 Å². The van der Waals surface area contributed by atoms with Gasteiger partial charge in [-0.05, 0) is 25.2 Å². The van der Waals surface area contributed by atoms with E-state index in [9.17, 15) is 0 Å². The van der Waals surface area contributed by atoms with Gasteiger partial charge in [-0.15, -0.1) is 16.4 Å². The second kappa shape index (κ2) is 4.88. The molecular weight excluding hydrogens is 302 g/mol. The van der Waals surface area contributed by atoms with Crippen molar-refractivity contribution in [3.8, 4) is 21.3 Å². The maximum Gasteiger partial charge on any atom is 0.284 e. The van der Waals surface area contributed by atoms with Gasteiger partial charge >= 0.3 is 0 Å². The van der Waals surface area contributed by atoms with Gasteiger partial charge in [0.15, 0.2) is 0 Å². The maximum absolute atomic E-state index is 6.18. The van der Waals surface area contributed by atoms with E-state index >= 15 is 0 Å². The number of halogens is 1. The fraction of sp³-hybridized carbons (Fsp3) is 0.0833. The molecule has 0 aliphatic rings. The van der Waals surface area contributed by atoms with Gasteiger partial charge in [-0.1, -0.05) is 29.8 Å². The molecule has 0 amide bonds. The zero-order valence-corrected chi connectivity index (χ0v) is 12.2. The van der Waals surface area contributed by atoms with E-state index in [1.165, 1.54) is 11.3 Å². The molecule has 3 aromatic rings. The molecule has 4 nitrogen and oxygen atoms in total. The van der Waals surface area contributed by atoms with E-state index in [-0.39, 0.29) is 4.84 Å². The number of hydrogen-bond donors (Lipinski definition) is 1. The molecule has 0 aliphatic heterocycles. The Labute approximate surface area is 123 Å². The zero-order valence-electron chi connectivity index (χ0n) is 9.81. The van der Waals surface area contributed by atoms with E-state index in [1.54, 1.807) is 0 Å². The Kier molecular flexibility index (Phi) is 3.22. The van der Waals surface area contributed by atoms with Gasteiger partial charge in [0.25, 0.3) is 10.7 Å². The first-order valence-corrected chi connectivity index (χ1v) is 7.03. The third-order valence-corrected chi connectivity index (χ3v) is 4.22. The van der Waals surface area contributed by atoms with E-state index in [1.807, 2.05) is 31.2 Å². The molecule has 1 N–H and O–H groups in total. The number of aryl methyl sites for hydroxylation is 1. The minimum atomic E-state index is 0.252. The molecule has 3 rings (SSSR count). The maximum atomic E-state index is 6.18. The lowest BCUT2D eigenvalue weighted by Gasteiger charge is -1.97. The second-order valence-corrected chi connectivity index (χ2v) is 5.61. The third-order valence-electron chi connectivity index (χ3n) is 2.53. The first-order valence-electron chi connectivity index (χ1n) is 5.43. The van der Waals surface area contributed by atoms with E-state index in [2.05, 4.69) is 15.2 Å². The van der Waals surface area contributed by atoms with Gasteiger partial charge in [0.1, 0.15) is 9.88 Å². The van der Waals surface area contributed by atoms with Crippen LogP contribution in [0.15, 0.2) is 28.7 Å². The number of hydrogen-bond acceptors (Lipinski definition) is 5. The first-order chi connectivity index (χ1) is 9.15. The Hall–Kier alpha value is -1.50. The van der Waals surface area contributed by atoms with Crippen molar-refractivity contribution < 1.29 is 4.42 Å². The summed E-state index contributed by atoms with van der Waals surface area (Å²) in [6.07, 6.45) is 0. The number of aromatic nitrogens is 3. The molecule has 0 aliphatic carbocycles. The van der Waals surface area contributed by atoms with E-state index in [0.717, 1.165) is 21.1 Å². The highest BCUT2D eigenvalue weighted by Crippen LogP contribution is 2.36. The zero-order chi connectivity index (χ0) is 13.4. The molecule has 0 atom stereocenters. The van der Waals surface area contributed by atoms with Gasteiger partial charge in [0.05, 0.1) is 10.7 Å². The third kappa shape index (κ3) is 2.34. The molecule has 96 valence electrons. The minimum absolute atomic E-state index is 0.252. The van der Waals surface area contributed by atoms with Crippen molar-refractivity contribution in [2.24, 2.45) is 0 Å². The fourth-order valence-electron chi connectivity index (χ4n) is 1.67. The molecule has 0 spiro atoms. The molecule has 0 fully saturated rings. The topological polar surface area (TPSA) is 54.7 Å². The van der Waals surface area contributed by atoms with Gasteiger partial charge in [0.2, 0.25) is 0 Å². The normalized spacial score (nSPS) is 10.8. The van der Waals surface area contributed by atoms with Crippen molar-refractivity contribution in [3.63, 3.8) is 0 Å². The van der Waals surface area contributed by atoms with Crippen LogP contribution in [-0.2, 0) is 0 Å². The van der Waals surface area contributed by atoms with Gasteiger partial charge in [-0.2, -0.15) is 0 Å². The summed E-state index contributed by atoms with van der Waals surface area (Å²) < 4.78 is 5.32. The highest BCUT2D eigenvalue weighted by Gasteiger charge is 2.16. The number of aromatic amines is 1. The number of thiazole rings is 1. The highest BCUT2D eigenvalue weighted by atomic mass is 35.5. The molecule has 2 heterocycles. The number of benzene rings is 1. The van der Waals surface area contributed by atoms with Crippen LogP contribution in [0.3, 0.4) is 0 Å². The quantitative estimate of drug-likeness (QED) is 0.709. The minimum Gasteiger partial charge on any atom is -0.408 e. The van der Waals surface area contributed by atoms with Crippen LogP contribution in [0.4, 0.5) is 0 Å². The SMILES string of the molecule is Cc1nc(-c2ccccc2Cl)sc1-c1n[nH]c(=S)o1. The van der Waals surface area contributed by atoms with Gasteiger partial charge in [0, 0.05) is 5.56 Å². The number of H-pyrrole nitrogens is 1. The van der Waals surface area contributed by atoms with Crippen molar-refractivity contribution in [2.75, 3.05) is 0 Å². The summed E-state index contributed by atoms with van der Waals surface area (Å²) in [5, 5.41) is 8.13. The van der Waals surface area contributed by atoms with Crippen LogP contribution < -0.4 is 0 Å². The lowest BCUT2D eigenvalue weighted by atomic mass is 10.2. The van der Waals surface area contributed by atoms with Crippen LogP contribution >= 0.6 is 35.2 Å². The van der Waals surface area contributed by atoms with Crippen LogP contribution in [0.5, 0.6) is 0 Å². The van der Waals surface area contributed by atoms with Crippen LogP contribution in [0, 0.1) is 11.8 Å². The predicted octanol–water partition coefficient (Wildman–Crippen LogP) is 4.48. The Bertz CT molecular complexity index is 790. The largest absolute Gasteiger partial charge is 0.408 e. The van der Waals surface area contributed by atoms with Crippen molar-refractivity contribution >= 4 is 35.2 Å². The highest BCUT2D eigenvalue weighted by molar-refractivity contribution is 7.71. The van der Waals surface area contributed by atoms with E-state index in [0.29, 0.717) is 10.9 Å². The summed E-state index contributed by atoms with van der Waals surface area (Å²) in [4.78, 5) is 5.61. The van der Waals surface area contributed by atoms with Crippen LogP contribution in [-0.4, -0.2) is 15.2 Å². The Morgan fingerprint density at radius 3 is 2.84 bits per heavy atom. The summed E-state index contributed by atoms with van der Waals surface area (Å²) in [6, 6.07) is 7.59. The number of nitrogens with zero attached hydrogens (tertiary/aromatic N) is 2. The molecule has 1 aromatic carbocycles. The molecule has 0 unspecified atom stereocenters. The number of rotatable bonds is 2. The number of nitrogens with one attached hydrogen (secondary N) is 1. The molecule has 0 bridgehead atoms. The molecular formula is C12H8ClN3OS2. The fourth-order valence-corrected chi connectivity index (χ4v) is 3.11. The molecule has 0 saturated heterocycles. The lowest BCUT2D eigenvalue weighted by Crippen LogP contribution is -1.79. The molecule has 2 aromatic heterocycles. The Morgan fingerprint density at radius 1 is 1.37 bits per heavy atom. The van der Waals surface area contributed by atoms with Crippen LogP contribution in [0.25, 0.3) is 21.3 Å². The first kappa shape index (κ1) is 12.5. The Morgan fingerprint density at radius 2 is 2.16 bits per heavy atom. The lowest BCUT2D eigenvalue weighted by molar-refractivity contribution is 0.553. The van der Waals surface area contributed by atoms with Crippen LogP contribution in [0.2, 0.25) is 5.02 Å².